The molecule has 2 aromatic heterocycles. The van der Waals surface area contributed by atoms with Crippen LogP contribution in [0.1, 0.15) is 122 Å². The van der Waals surface area contributed by atoms with Crippen molar-refractivity contribution < 1.29 is 41.1 Å². The summed E-state index contributed by atoms with van der Waals surface area (Å²) in [6.45, 7) is 12.6. The van der Waals surface area contributed by atoms with Crippen molar-refractivity contribution in [3.8, 4) is 0 Å². The van der Waals surface area contributed by atoms with Gasteiger partial charge in [0.2, 0.25) is 5.09 Å². The number of hydrogen-bond acceptors (Lipinski definition) is 10. The third-order valence-corrected chi connectivity index (χ3v) is 17.4. The zero-order valence-corrected chi connectivity index (χ0v) is 37.6. The first kappa shape index (κ1) is 43.2. The van der Waals surface area contributed by atoms with Crippen molar-refractivity contribution in [2.45, 2.75) is 125 Å². The number of amides is 4. The molecular weight excluding hydrogens is 837 g/mol. The lowest BCUT2D eigenvalue weighted by Gasteiger charge is -2.42. The van der Waals surface area contributed by atoms with Gasteiger partial charge in [0.1, 0.15) is 4.21 Å². The molecule has 0 saturated heterocycles. The molecular formula is C45H54N4O9S3. The summed E-state index contributed by atoms with van der Waals surface area (Å²) >= 11 is 0.914. The van der Waals surface area contributed by atoms with E-state index in [9.17, 15) is 36.6 Å². The molecule has 0 spiro atoms. The van der Waals surface area contributed by atoms with Crippen LogP contribution in [-0.2, 0) is 56.9 Å². The van der Waals surface area contributed by atoms with E-state index in [1.54, 1.807) is 19.9 Å². The second-order valence-electron chi connectivity index (χ2n) is 18.3. The van der Waals surface area contributed by atoms with Gasteiger partial charge in [-0.25, -0.2) is 27.5 Å². The zero-order chi connectivity index (χ0) is 43.8. The summed E-state index contributed by atoms with van der Waals surface area (Å²) in [6, 6.07) is 8.77. The Hall–Kier alpha value is -4.48. The lowest BCUT2D eigenvalue weighted by atomic mass is 9.63. The van der Waals surface area contributed by atoms with E-state index in [2.05, 4.69) is 44.9 Å². The number of urea groups is 2. The third-order valence-electron chi connectivity index (χ3n) is 12.9. The number of aliphatic hydroxyl groups is 2. The highest BCUT2D eigenvalue weighted by atomic mass is 32.2. The molecule has 0 bridgehead atoms. The van der Waals surface area contributed by atoms with Crippen LogP contribution in [0.25, 0.3) is 5.57 Å². The molecule has 0 aliphatic heterocycles. The van der Waals surface area contributed by atoms with Crippen molar-refractivity contribution in [2.75, 3.05) is 10.6 Å². The Kier molecular flexibility index (Phi) is 11.1. The summed E-state index contributed by atoms with van der Waals surface area (Å²) in [6.07, 6.45) is 9.96. The maximum atomic E-state index is 13.6. The predicted molar refractivity (Wildman–Crippen MR) is 235 cm³/mol. The number of anilines is 2. The van der Waals surface area contributed by atoms with Crippen molar-refractivity contribution in [3.05, 3.63) is 98.6 Å². The summed E-state index contributed by atoms with van der Waals surface area (Å²) in [5.74, 6) is 1.07. The van der Waals surface area contributed by atoms with Gasteiger partial charge in [0.25, 0.3) is 20.0 Å². The van der Waals surface area contributed by atoms with Crippen molar-refractivity contribution in [1.29, 1.82) is 0 Å². The normalized spacial score (nSPS) is 20.1. The number of hydrogen-bond donors (Lipinski definition) is 6. The van der Waals surface area contributed by atoms with Crippen LogP contribution < -0.4 is 20.1 Å². The van der Waals surface area contributed by atoms with Gasteiger partial charge in [0, 0.05) is 27.8 Å². The summed E-state index contributed by atoms with van der Waals surface area (Å²) in [4.78, 5) is 27.5. The van der Waals surface area contributed by atoms with Crippen molar-refractivity contribution in [1.82, 2.24) is 9.44 Å². The largest absolute Gasteiger partial charge is 0.451 e. The number of aryl methyl sites for hydroxylation is 2. The maximum absolute atomic E-state index is 13.6. The summed E-state index contributed by atoms with van der Waals surface area (Å²) < 4.78 is 62.5. The van der Waals surface area contributed by atoms with Gasteiger partial charge in [0.05, 0.1) is 23.2 Å². The number of benzene rings is 2. The summed E-state index contributed by atoms with van der Waals surface area (Å²) in [7, 11) is -8.60. The van der Waals surface area contributed by atoms with E-state index in [4.69, 9.17) is 4.42 Å². The molecule has 13 nitrogen and oxygen atoms in total. The van der Waals surface area contributed by atoms with Crippen molar-refractivity contribution in [2.24, 2.45) is 17.8 Å². The first-order valence-electron chi connectivity index (χ1n) is 20.9. The van der Waals surface area contributed by atoms with Crippen molar-refractivity contribution >= 4 is 60.4 Å². The molecule has 3 unspecified atom stereocenters. The number of rotatable bonds is 13. The number of thiophene rings is 1. The highest BCUT2D eigenvalue weighted by molar-refractivity contribution is 7.92. The number of carbonyl (C=O) groups excluding carboxylic acids is 2. The first-order valence-corrected chi connectivity index (χ1v) is 24.7. The Morgan fingerprint density at radius 3 is 2.16 bits per heavy atom. The fraction of sp³-hybridized carbons (Fsp3) is 0.467. The van der Waals surface area contributed by atoms with Crippen LogP contribution in [0.15, 0.2) is 63.0 Å². The molecule has 2 saturated carbocycles. The molecule has 16 heteroatoms. The molecule has 0 radical (unpaired) electrons. The smallest absolute Gasteiger partial charge is 0.333 e. The van der Waals surface area contributed by atoms with Gasteiger partial charge < -0.3 is 25.3 Å². The standard InChI is InChI=1S/C45H54N4O9S3/c1-24-20-35-33(16-17-34(35)41(39(24)25(2)26-10-11-26)47-43(51)48-60(54,55)37-22-30(23-58-37)44(3,4)52)31-15-14-28(31)21-29-13-12-27-8-7-9-32(27)40(29)46-42(50)49-61(56,57)38-19-18-36(59-38)45(5,6)53/h12-13,18-20,22-23,26,28,31,33,52-53H,2,7-11,14-17,21H2,1,3-6H3,(H2,46,49,50)(H2,47,48,51). The monoisotopic (exact) mass is 890 g/mol. The van der Waals surface area contributed by atoms with Crippen LogP contribution in [0.2, 0.25) is 0 Å². The average Bonchev–Trinajstić information content (AvgIpc) is 3.60. The zero-order valence-electron chi connectivity index (χ0n) is 35.1. The third kappa shape index (κ3) is 8.66. The van der Waals surface area contributed by atoms with Crippen molar-refractivity contribution in [3.63, 3.8) is 0 Å². The minimum Gasteiger partial charge on any atom is -0.451 e. The molecule has 6 N–H and O–H groups in total. The molecule has 4 aromatic rings. The van der Waals surface area contributed by atoms with Crippen LogP contribution in [0, 0.1) is 24.7 Å². The molecule has 326 valence electrons. The Morgan fingerprint density at radius 2 is 1.54 bits per heavy atom. The van der Waals surface area contributed by atoms with Crippen LogP contribution in [0.3, 0.4) is 0 Å². The second-order valence-corrected chi connectivity index (χ2v) is 22.9. The van der Waals surface area contributed by atoms with Crippen LogP contribution in [0.5, 0.6) is 0 Å². The van der Waals surface area contributed by atoms with Gasteiger partial charge in [-0.3, -0.25) is 0 Å². The number of sulfonamides is 2. The quantitative estimate of drug-likeness (QED) is 0.0763. The van der Waals surface area contributed by atoms with E-state index >= 15 is 0 Å². The predicted octanol–water partition coefficient (Wildman–Crippen LogP) is 8.34. The van der Waals surface area contributed by atoms with E-state index in [0.717, 1.165) is 113 Å². The van der Waals surface area contributed by atoms with E-state index in [0.29, 0.717) is 40.9 Å². The van der Waals surface area contributed by atoms with E-state index in [1.807, 2.05) is 6.92 Å². The molecule has 2 fully saturated rings. The molecule has 4 aliphatic rings. The molecule has 4 amide bonds. The maximum Gasteiger partial charge on any atom is 0.333 e. The highest BCUT2D eigenvalue weighted by Gasteiger charge is 2.43. The van der Waals surface area contributed by atoms with Gasteiger partial charge in [0.15, 0.2) is 0 Å². The number of nitrogens with one attached hydrogen (secondary N) is 4. The minimum absolute atomic E-state index is 0.0638. The summed E-state index contributed by atoms with van der Waals surface area (Å²) in [5, 5.41) is 26.1. The number of fused-ring (bicyclic) bond motifs is 2. The van der Waals surface area contributed by atoms with E-state index in [1.165, 1.54) is 26.0 Å². The fourth-order valence-corrected chi connectivity index (χ4v) is 12.5. The Morgan fingerprint density at radius 1 is 0.836 bits per heavy atom. The van der Waals surface area contributed by atoms with Gasteiger partial charge in [-0.05, 0) is 174 Å². The number of furan rings is 1. The SMILES string of the molecule is C=C(c1c(C)cc2c(c1NC(=O)NS(=O)(=O)c1cc(C(C)(C)O)co1)CCC2C1CCC1Cc1ccc2c(c1NC(=O)NS(=O)(=O)c1ccc(C(C)(C)O)s1)CCC2)C1CC1. The van der Waals surface area contributed by atoms with Crippen LogP contribution in [0.4, 0.5) is 21.0 Å². The van der Waals surface area contributed by atoms with Gasteiger partial charge in [-0.15, -0.1) is 11.3 Å². The molecule has 4 aliphatic carbocycles. The van der Waals surface area contributed by atoms with Gasteiger partial charge in [-0.1, -0.05) is 24.8 Å². The van der Waals surface area contributed by atoms with E-state index in [-0.39, 0.29) is 21.6 Å². The Balaban J connectivity index is 1.03. The lowest BCUT2D eigenvalue weighted by Crippen LogP contribution is -2.35. The van der Waals surface area contributed by atoms with Gasteiger partial charge >= 0.3 is 12.1 Å². The number of carbonyl (C=O) groups is 2. The lowest BCUT2D eigenvalue weighted by molar-refractivity contribution is 0.0778. The Bertz CT molecular complexity index is 2660. The molecule has 8 rings (SSSR count). The second kappa shape index (κ2) is 15.7. The molecule has 61 heavy (non-hydrogen) atoms. The molecule has 2 heterocycles. The minimum atomic E-state index is -4.41. The fourth-order valence-electron chi connectivity index (χ4n) is 9.47. The Labute approximate surface area is 361 Å². The average molecular weight is 891 g/mol. The molecule has 2 aromatic carbocycles. The number of allylic oxidation sites excluding steroid dienone is 1. The first-order chi connectivity index (χ1) is 28.6. The van der Waals surface area contributed by atoms with E-state index < -0.39 is 48.4 Å². The topological polar surface area (TPSA) is 204 Å². The highest BCUT2D eigenvalue weighted by Crippen LogP contribution is 2.55. The van der Waals surface area contributed by atoms with Gasteiger partial charge in [-0.2, -0.15) is 8.42 Å². The van der Waals surface area contributed by atoms with Crippen LogP contribution in [-0.4, -0.2) is 39.1 Å². The molecule has 3 atom stereocenters. The summed E-state index contributed by atoms with van der Waals surface area (Å²) in [5.41, 5.74) is 6.92. The van der Waals surface area contributed by atoms with Crippen LogP contribution >= 0.6 is 11.3 Å².